The molecule has 0 saturated heterocycles. The Balaban J connectivity index is 0.000000204. The number of hydrogen-bond donors (Lipinski definition) is 0. The van der Waals surface area contributed by atoms with Gasteiger partial charge in [-0.2, -0.15) is 0 Å². The molecule has 0 aliphatic rings. The molecular formula is C41H25IrN3S-2. The molecule has 5 heteroatoms. The van der Waals surface area contributed by atoms with Crippen molar-refractivity contribution in [1.29, 1.82) is 0 Å². The minimum Gasteiger partial charge on any atom is -0.350 e. The van der Waals surface area contributed by atoms with Gasteiger partial charge in [-0.1, -0.05) is 72.1 Å². The topological polar surface area (TPSA) is 30.2 Å². The summed E-state index contributed by atoms with van der Waals surface area (Å²) in [4.78, 5) is 8.85. The van der Waals surface area contributed by atoms with Gasteiger partial charge < -0.3 is 14.4 Å². The van der Waals surface area contributed by atoms with Crippen LogP contribution in [-0.4, -0.2) is 14.4 Å². The van der Waals surface area contributed by atoms with Crippen molar-refractivity contribution in [3.63, 3.8) is 0 Å². The van der Waals surface area contributed by atoms with Crippen LogP contribution in [0, 0.1) is 19.1 Å². The molecule has 1 radical (unpaired) electrons. The molecule has 0 saturated carbocycles. The molecule has 0 bridgehead atoms. The maximum atomic E-state index is 4.63. The standard InChI is InChI=1S/C30H17N2S.C11H8N.Ir/c1-17-9-12-24(31-16-17)18-10-13-25-23(15-18)20-6-4-7-22-28-26(32(25)29(20)22)14-11-21-19-5-2-3-8-27(19)33-30(21)28;1-2-6-10(7-3-1)11-8-4-5-9-12-11;/h2-9,11-16H,1H3;1-6,8-9H;/q2*-1;. The number of thiophene rings is 1. The SMILES string of the molecule is Cc1ccc(-c2[c-]cc3c(c2)c2cccc4c5c6sc7ccccc7c6ccc5n3c24)nc1.[Ir].[c-]1ccccc1-c1ccccn1. The van der Waals surface area contributed by atoms with Crippen molar-refractivity contribution in [1.82, 2.24) is 14.4 Å². The van der Waals surface area contributed by atoms with Crippen LogP contribution in [0.15, 0.2) is 134 Å². The first-order valence-electron chi connectivity index (χ1n) is 15.0. The maximum absolute atomic E-state index is 4.63. The van der Waals surface area contributed by atoms with Crippen LogP contribution < -0.4 is 0 Å². The second-order valence-corrected chi connectivity index (χ2v) is 12.4. The number of benzene rings is 5. The van der Waals surface area contributed by atoms with E-state index in [-0.39, 0.29) is 20.1 Å². The van der Waals surface area contributed by atoms with Gasteiger partial charge in [0, 0.05) is 69.0 Å². The molecule has 0 unspecified atom stereocenters. The number of nitrogens with zero attached hydrogens (tertiary/aromatic N) is 3. The molecule has 0 aliphatic carbocycles. The largest absolute Gasteiger partial charge is 0.350 e. The summed E-state index contributed by atoms with van der Waals surface area (Å²) in [6.07, 6.45) is 3.71. The van der Waals surface area contributed by atoms with E-state index in [2.05, 4.69) is 112 Å². The fraction of sp³-hybridized carbons (Fsp3) is 0.0244. The molecular weight excluding hydrogens is 759 g/mol. The minimum atomic E-state index is 0. The Morgan fingerprint density at radius 1 is 0.630 bits per heavy atom. The van der Waals surface area contributed by atoms with E-state index >= 15 is 0 Å². The van der Waals surface area contributed by atoms with Crippen molar-refractivity contribution in [2.75, 3.05) is 0 Å². The number of fused-ring (bicyclic) bond motifs is 10. The van der Waals surface area contributed by atoms with E-state index < -0.39 is 0 Å². The molecule has 5 aromatic carbocycles. The number of para-hydroxylation sites is 1. The van der Waals surface area contributed by atoms with E-state index in [1.807, 2.05) is 60.0 Å². The van der Waals surface area contributed by atoms with Crippen LogP contribution in [-0.2, 0) is 20.1 Å². The van der Waals surface area contributed by atoms with Crippen LogP contribution in [0.1, 0.15) is 5.56 Å². The van der Waals surface area contributed by atoms with Crippen LogP contribution in [0.5, 0.6) is 0 Å². The summed E-state index contributed by atoms with van der Waals surface area (Å²) in [6, 6.07) is 49.0. The van der Waals surface area contributed by atoms with E-state index in [1.54, 1.807) is 6.20 Å². The van der Waals surface area contributed by atoms with Gasteiger partial charge in [-0.25, -0.2) is 0 Å². The second kappa shape index (κ2) is 11.5. The zero-order chi connectivity index (χ0) is 29.9. The monoisotopic (exact) mass is 784 g/mol. The summed E-state index contributed by atoms with van der Waals surface area (Å²) in [5.74, 6) is 0. The first-order chi connectivity index (χ1) is 22.2. The first-order valence-corrected chi connectivity index (χ1v) is 15.8. The molecule has 0 N–H and O–H groups in total. The number of pyridine rings is 2. The maximum Gasteiger partial charge on any atom is 0.0517 e. The fourth-order valence-corrected chi connectivity index (χ4v) is 7.79. The van der Waals surface area contributed by atoms with Crippen molar-refractivity contribution in [3.8, 4) is 22.5 Å². The smallest absolute Gasteiger partial charge is 0.0517 e. The van der Waals surface area contributed by atoms with Gasteiger partial charge in [-0.15, -0.1) is 71.0 Å². The van der Waals surface area contributed by atoms with Gasteiger partial charge in [0.1, 0.15) is 0 Å². The second-order valence-electron chi connectivity index (χ2n) is 11.3. The average Bonchev–Trinajstić information content (AvgIpc) is 3.76. The molecule has 5 heterocycles. The Labute approximate surface area is 283 Å². The molecule has 0 aliphatic heterocycles. The van der Waals surface area contributed by atoms with E-state index in [1.165, 1.54) is 63.8 Å². The summed E-state index contributed by atoms with van der Waals surface area (Å²) in [5.41, 5.74) is 8.94. The zero-order valence-electron chi connectivity index (χ0n) is 24.8. The molecule has 10 aromatic rings. The van der Waals surface area contributed by atoms with Crippen LogP contribution >= 0.6 is 11.3 Å². The molecule has 5 aromatic heterocycles. The third kappa shape index (κ3) is 4.51. The quantitative estimate of drug-likeness (QED) is 0.164. The predicted octanol–water partition coefficient (Wildman–Crippen LogP) is 10.9. The van der Waals surface area contributed by atoms with E-state index in [0.29, 0.717) is 0 Å². The van der Waals surface area contributed by atoms with Crippen LogP contribution in [0.3, 0.4) is 0 Å². The predicted molar refractivity (Wildman–Crippen MR) is 189 cm³/mol. The molecule has 0 fully saturated rings. The van der Waals surface area contributed by atoms with Gasteiger partial charge in [0.25, 0.3) is 0 Å². The number of aryl methyl sites for hydroxylation is 1. The molecule has 3 nitrogen and oxygen atoms in total. The van der Waals surface area contributed by atoms with Gasteiger partial charge in [0.15, 0.2) is 0 Å². The van der Waals surface area contributed by atoms with Crippen molar-refractivity contribution >= 4 is 69.6 Å². The fourth-order valence-electron chi connectivity index (χ4n) is 6.53. The van der Waals surface area contributed by atoms with Gasteiger partial charge in [-0.3, -0.25) is 0 Å². The average molecular weight is 784 g/mol. The summed E-state index contributed by atoms with van der Waals surface area (Å²) >= 11 is 1.90. The van der Waals surface area contributed by atoms with Gasteiger partial charge in [-0.05, 0) is 53.0 Å². The molecule has 10 rings (SSSR count). The molecule has 0 amide bonds. The van der Waals surface area contributed by atoms with Crippen molar-refractivity contribution in [3.05, 3.63) is 151 Å². The van der Waals surface area contributed by atoms with E-state index in [9.17, 15) is 0 Å². The Kier molecular flexibility index (Phi) is 7.11. The number of aromatic nitrogens is 3. The van der Waals surface area contributed by atoms with Gasteiger partial charge in [0.2, 0.25) is 0 Å². The van der Waals surface area contributed by atoms with Crippen LogP contribution in [0.25, 0.3) is 80.8 Å². The van der Waals surface area contributed by atoms with Gasteiger partial charge in [0.05, 0.1) is 5.52 Å². The number of rotatable bonds is 2. The number of hydrogen-bond acceptors (Lipinski definition) is 3. The molecule has 0 atom stereocenters. The van der Waals surface area contributed by atoms with Crippen molar-refractivity contribution in [2.24, 2.45) is 0 Å². The first kappa shape index (κ1) is 28.5. The summed E-state index contributed by atoms with van der Waals surface area (Å²) in [5, 5.41) is 7.92. The van der Waals surface area contributed by atoms with Crippen molar-refractivity contribution < 1.29 is 20.1 Å². The van der Waals surface area contributed by atoms with Crippen LogP contribution in [0.4, 0.5) is 0 Å². The van der Waals surface area contributed by atoms with Gasteiger partial charge >= 0.3 is 0 Å². The summed E-state index contributed by atoms with van der Waals surface area (Å²) < 4.78 is 5.16. The summed E-state index contributed by atoms with van der Waals surface area (Å²) in [6.45, 7) is 2.07. The van der Waals surface area contributed by atoms with Crippen LogP contribution in [0.2, 0.25) is 0 Å². The Bertz CT molecular complexity index is 2600. The minimum absolute atomic E-state index is 0. The third-order valence-corrected chi connectivity index (χ3v) is 9.80. The summed E-state index contributed by atoms with van der Waals surface area (Å²) in [7, 11) is 0. The Hall–Kier alpha value is -4.93. The molecule has 46 heavy (non-hydrogen) atoms. The Morgan fingerprint density at radius 3 is 2.28 bits per heavy atom. The van der Waals surface area contributed by atoms with E-state index in [4.69, 9.17) is 0 Å². The van der Waals surface area contributed by atoms with Crippen molar-refractivity contribution in [2.45, 2.75) is 6.92 Å². The van der Waals surface area contributed by atoms with E-state index in [0.717, 1.165) is 22.5 Å². The molecule has 0 spiro atoms. The third-order valence-electron chi connectivity index (χ3n) is 8.59. The zero-order valence-corrected chi connectivity index (χ0v) is 28.0. The normalized spacial score (nSPS) is 11.4. The molecule has 221 valence electrons. The Morgan fingerprint density at radius 2 is 1.46 bits per heavy atom.